The number of benzene rings is 4. The van der Waals surface area contributed by atoms with Crippen LogP contribution in [0, 0.1) is 11.3 Å². The van der Waals surface area contributed by atoms with Gasteiger partial charge >= 0.3 is 0 Å². The Balaban J connectivity index is 1.55. The Morgan fingerprint density at radius 1 is 0.919 bits per heavy atom. The van der Waals surface area contributed by atoms with Crippen molar-refractivity contribution in [2.45, 2.75) is 20.5 Å². The molecule has 0 aliphatic heterocycles. The molecule has 1 amide bonds. The van der Waals surface area contributed by atoms with E-state index in [0.29, 0.717) is 41.5 Å². The monoisotopic (exact) mass is 490 g/mol. The van der Waals surface area contributed by atoms with E-state index < -0.39 is 5.91 Å². The van der Waals surface area contributed by atoms with Crippen molar-refractivity contribution in [3.05, 3.63) is 107 Å². The molecule has 0 saturated carbocycles. The van der Waals surface area contributed by atoms with Crippen molar-refractivity contribution in [3.8, 4) is 17.6 Å². The number of nitrogens with zero attached hydrogens (tertiary/aromatic N) is 1. The topological polar surface area (TPSA) is 88.4 Å². The number of amides is 1. The summed E-state index contributed by atoms with van der Waals surface area (Å²) in [6, 6.07) is 28.1. The largest absolute Gasteiger partial charge is 0.490 e. The summed E-state index contributed by atoms with van der Waals surface area (Å²) < 4.78 is 11.9. The molecule has 0 radical (unpaired) electrons. The number of nitrogens with one attached hydrogen (secondary N) is 1. The molecule has 4 rings (SSSR count). The predicted molar refractivity (Wildman–Crippen MR) is 145 cm³/mol. The molecule has 0 saturated heterocycles. The van der Waals surface area contributed by atoms with Crippen molar-refractivity contribution in [3.63, 3.8) is 0 Å². The van der Waals surface area contributed by atoms with Crippen LogP contribution in [0.2, 0.25) is 0 Å². The van der Waals surface area contributed by atoms with E-state index >= 15 is 0 Å². The van der Waals surface area contributed by atoms with Crippen LogP contribution in [0.4, 0.5) is 5.69 Å². The molecule has 0 heterocycles. The Bertz CT molecular complexity index is 1530. The van der Waals surface area contributed by atoms with Crippen molar-refractivity contribution >= 4 is 34.2 Å². The highest BCUT2D eigenvalue weighted by atomic mass is 16.5. The molecule has 4 aromatic rings. The molecule has 37 heavy (non-hydrogen) atoms. The SMILES string of the molecule is CCOc1cc(/C=C(/C#N)C(=O)Nc2ccccc2C(C)=O)ccc1OCc1cccc2ccccc12. The van der Waals surface area contributed by atoms with Gasteiger partial charge in [0.05, 0.1) is 12.3 Å². The van der Waals surface area contributed by atoms with E-state index in [2.05, 4.69) is 23.5 Å². The fourth-order valence-corrected chi connectivity index (χ4v) is 3.98. The Labute approximate surface area is 215 Å². The minimum Gasteiger partial charge on any atom is -0.490 e. The van der Waals surface area contributed by atoms with Gasteiger partial charge in [-0.05, 0) is 66.1 Å². The van der Waals surface area contributed by atoms with E-state index in [-0.39, 0.29) is 11.4 Å². The van der Waals surface area contributed by atoms with Crippen LogP contribution < -0.4 is 14.8 Å². The van der Waals surface area contributed by atoms with E-state index in [4.69, 9.17) is 9.47 Å². The van der Waals surface area contributed by atoms with Crippen molar-refractivity contribution in [1.29, 1.82) is 5.26 Å². The highest BCUT2D eigenvalue weighted by Crippen LogP contribution is 2.31. The average Bonchev–Trinajstić information content (AvgIpc) is 2.91. The van der Waals surface area contributed by atoms with Crippen LogP contribution in [0.1, 0.15) is 35.3 Å². The molecule has 0 spiro atoms. The maximum Gasteiger partial charge on any atom is 0.266 e. The Morgan fingerprint density at radius 3 is 2.46 bits per heavy atom. The summed E-state index contributed by atoms with van der Waals surface area (Å²) in [7, 11) is 0. The van der Waals surface area contributed by atoms with E-state index in [1.165, 1.54) is 13.0 Å². The number of nitriles is 1. The van der Waals surface area contributed by atoms with Crippen molar-refractivity contribution in [2.24, 2.45) is 0 Å². The van der Waals surface area contributed by atoms with Gasteiger partial charge in [0, 0.05) is 5.56 Å². The van der Waals surface area contributed by atoms with Gasteiger partial charge in [-0.25, -0.2) is 0 Å². The van der Waals surface area contributed by atoms with Crippen LogP contribution >= 0.6 is 0 Å². The van der Waals surface area contributed by atoms with Crippen LogP contribution in [0.15, 0.2) is 90.5 Å². The number of hydrogen-bond acceptors (Lipinski definition) is 5. The summed E-state index contributed by atoms with van der Waals surface area (Å²) in [6.45, 7) is 4.08. The fraction of sp³-hybridized carbons (Fsp3) is 0.129. The molecule has 0 atom stereocenters. The zero-order chi connectivity index (χ0) is 26.2. The van der Waals surface area contributed by atoms with Crippen molar-refractivity contribution in [1.82, 2.24) is 0 Å². The minimum absolute atomic E-state index is 0.106. The lowest BCUT2D eigenvalue weighted by molar-refractivity contribution is -0.112. The van der Waals surface area contributed by atoms with Gasteiger partial charge < -0.3 is 14.8 Å². The second kappa shape index (κ2) is 11.7. The van der Waals surface area contributed by atoms with Crippen molar-refractivity contribution < 1.29 is 19.1 Å². The minimum atomic E-state index is -0.606. The summed E-state index contributed by atoms with van der Waals surface area (Å²) >= 11 is 0. The van der Waals surface area contributed by atoms with Gasteiger partial charge in [-0.15, -0.1) is 0 Å². The molecular weight excluding hydrogens is 464 g/mol. The summed E-state index contributed by atoms with van der Waals surface area (Å²) in [6.07, 6.45) is 1.47. The lowest BCUT2D eigenvalue weighted by Crippen LogP contribution is -2.15. The van der Waals surface area contributed by atoms with Gasteiger partial charge in [-0.1, -0.05) is 60.7 Å². The second-order valence-corrected chi connectivity index (χ2v) is 8.29. The number of rotatable bonds is 9. The van der Waals surface area contributed by atoms with E-state index in [1.54, 1.807) is 42.5 Å². The van der Waals surface area contributed by atoms with Crippen LogP contribution in [0.25, 0.3) is 16.8 Å². The third-order valence-electron chi connectivity index (χ3n) is 5.76. The van der Waals surface area contributed by atoms with Crippen molar-refractivity contribution in [2.75, 3.05) is 11.9 Å². The Morgan fingerprint density at radius 2 is 1.68 bits per heavy atom. The number of anilines is 1. The molecule has 0 aliphatic carbocycles. The van der Waals surface area contributed by atoms with Gasteiger partial charge in [0.25, 0.3) is 5.91 Å². The summed E-state index contributed by atoms with van der Waals surface area (Å²) in [5.74, 6) is 0.283. The van der Waals surface area contributed by atoms with E-state index in [0.717, 1.165) is 16.3 Å². The van der Waals surface area contributed by atoms with E-state index in [9.17, 15) is 14.9 Å². The highest BCUT2D eigenvalue weighted by Gasteiger charge is 2.15. The first-order chi connectivity index (χ1) is 18.0. The van der Waals surface area contributed by atoms with Gasteiger partial charge in [0.2, 0.25) is 0 Å². The number of ketones is 1. The lowest BCUT2D eigenvalue weighted by Gasteiger charge is -2.14. The number of carbonyl (C=O) groups excluding carboxylic acids is 2. The quantitative estimate of drug-likeness (QED) is 0.163. The summed E-state index contributed by atoms with van der Waals surface area (Å²) in [4.78, 5) is 24.7. The maximum absolute atomic E-state index is 12.8. The van der Waals surface area contributed by atoms with Crippen LogP contribution in [0.5, 0.6) is 11.5 Å². The Hall–Kier alpha value is -4.89. The smallest absolute Gasteiger partial charge is 0.266 e. The third kappa shape index (κ3) is 6.03. The number of ether oxygens (including phenoxy) is 2. The zero-order valence-corrected chi connectivity index (χ0v) is 20.7. The standard InChI is InChI=1S/C31H26N2O4/c1-3-36-30-18-22(17-25(19-32)31(35)33-28-14-7-6-12-26(28)21(2)34)15-16-29(30)37-20-24-11-8-10-23-9-4-5-13-27(23)24/h4-18H,3,20H2,1-2H3,(H,33,35)/b25-17-. The summed E-state index contributed by atoms with van der Waals surface area (Å²) in [5.41, 5.74) is 2.28. The molecule has 0 aliphatic rings. The molecule has 0 unspecified atom stereocenters. The van der Waals surface area contributed by atoms with Crippen LogP contribution in [0.3, 0.4) is 0 Å². The lowest BCUT2D eigenvalue weighted by atomic mass is 10.1. The zero-order valence-electron chi connectivity index (χ0n) is 20.7. The Kier molecular flexibility index (Phi) is 7.97. The first-order valence-corrected chi connectivity index (χ1v) is 11.9. The third-order valence-corrected chi connectivity index (χ3v) is 5.76. The molecule has 0 bridgehead atoms. The van der Waals surface area contributed by atoms with Gasteiger partial charge in [0.1, 0.15) is 18.2 Å². The number of Topliss-reactive ketones (excluding diaryl/α,β-unsaturated/α-hetero) is 1. The number of carbonyl (C=O) groups is 2. The maximum atomic E-state index is 12.8. The molecule has 184 valence electrons. The predicted octanol–water partition coefficient (Wildman–Crippen LogP) is 6.57. The second-order valence-electron chi connectivity index (χ2n) is 8.29. The fourth-order valence-electron chi connectivity index (χ4n) is 3.98. The first-order valence-electron chi connectivity index (χ1n) is 11.9. The molecule has 4 aromatic carbocycles. The summed E-state index contributed by atoms with van der Waals surface area (Å²) in [5, 5.41) is 14.6. The normalized spacial score (nSPS) is 11.0. The van der Waals surface area contributed by atoms with Crippen LogP contribution in [-0.4, -0.2) is 18.3 Å². The van der Waals surface area contributed by atoms with E-state index in [1.807, 2.05) is 37.3 Å². The highest BCUT2D eigenvalue weighted by molar-refractivity contribution is 6.12. The number of para-hydroxylation sites is 1. The first kappa shape index (κ1) is 25.2. The number of hydrogen-bond donors (Lipinski definition) is 1. The van der Waals surface area contributed by atoms with Crippen LogP contribution in [-0.2, 0) is 11.4 Å². The molecule has 1 N–H and O–H groups in total. The molecule has 0 aromatic heterocycles. The molecule has 6 nitrogen and oxygen atoms in total. The molecular formula is C31H26N2O4. The van der Waals surface area contributed by atoms with Gasteiger partial charge in [-0.2, -0.15) is 5.26 Å². The van der Waals surface area contributed by atoms with Gasteiger partial charge in [-0.3, -0.25) is 9.59 Å². The number of fused-ring (bicyclic) bond motifs is 1. The molecule has 6 heteroatoms. The van der Waals surface area contributed by atoms with Gasteiger partial charge in [0.15, 0.2) is 17.3 Å². The molecule has 0 fully saturated rings. The average molecular weight is 491 g/mol.